The SMILES string of the molecule is F[P-](F)(F)(F)(F)F.F[P-](F)(F)(F)(F)F.[CH2-]Cl.[CH2-]Cl.[Cu+2].[Cu+2].c1ccc(P(c2ccccc2)c2ccccc2)cc1.c1ccc(P(c2ccccc2)c2ccccc2)cc1.c1ccnnc1.c1ccnnc1.c1ccnnc1. The van der Waals surface area contributed by atoms with E-state index >= 15 is 0 Å². The van der Waals surface area contributed by atoms with Gasteiger partial charge in [-0.1, -0.05) is 182 Å². The third-order valence-electron chi connectivity index (χ3n) is 7.54. The Morgan fingerprint density at radius 2 is 0.342 bits per heavy atom. The summed E-state index contributed by atoms with van der Waals surface area (Å²) in [4.78, 5) is 0. The minimum absolute atomic E-state index is 0. The average molecular weight is 1280 g/mol. The van der Waals surface area contributed by atoms with E-state index in [1.807, 2.05) is 36.4 Å². The number of halogens is 14. The maximum absolute atomic E-state index is 10.7. The normalized spacial score (nSPS) is 11.6. The average Bonchev–Trinajstić information content (AvgIpc) is 3.40. The van der Waals surface area contributed by atoms with Crippen molar-refractivity contribution in [3.8, 4) is 0 Å². The van der Waals surface area contributed by atoms with Crippen LogP contribution < -0.4 is 31.8 Å². The molecule has 0 fully saturated rings. The third-order valence-corrected chi connectivity index (χ3v) is 12.4. The molecule has 76 heavy (non-hydrogen) atoms. The van der Waals surface area contributed by atoms with Crippen LogP contribution in [0.1, 0.15) is 0 Å². The van der Waals surface area contributed by atoms with Gasteiger partial charge in [-0.05, 0) is 84.1 Å². The molecular weight excluding hydrogens is 1230 g/mol. The predicted molar refractivity (Wildman–Crippen MR) is 286 cm³/mol. The molecule has 2 radical (unpaired) electrons. The Morgan fingerprint density at radius 3 is 0.421 bits per heavy atom. The molecule has 3 heterocycles. The molecule has 0 aliphatic heterocycles. The van der Waals surface area contributed by atoms with E-state index < -0.39 is 31.5 Å². The van der Waals surface area contributed by atoms with Crippen molar-refractivity contribution < 1.29 is 84.5 Å². The summed E-state index contributed by atoms with van der Waals surface area (Å²) in [6, 6.07) is 75.6. The zero-order chi connectivity index (χ0) is 55.4. The zero-order valence-electron chi connectivity index (χ0n) is 39.0. The molecule has 6 nitrogen and oxygen atoms in total. The van der Waals surface area contributed by atoms with Gasteiger partial charge in [0.25, 0.3) is 0 Å². The molecule has 0 N–H and O–H groups in total. The molecule has 26 heteroatoms. The molecule has 9 rings (SSSR count). The van der Waals surface area contributed by atoms with E-state index in [-0.39, 0.29) is 34.1 Å². The van der Waals surface area contributed by atoms with Crippen LogP contribution in [0.2, 0.25) is 0 Å². The van der Waals surface area contributed by atoms with E-state index in [9.17, 15) is 50.4 Å². The topological polar surface area (TPSA) is 77.3 Å². The van der Waals surface area contributed by atoms with Gasteiger partial charge in [-0.2, -0.15) is 30.6 Å². The summed E-state index contributed by atoms with van der Waals surface area (Å²) >= 11 is 8.78. The first kappa shape index (κ1) is 73.1. The van der Waals surface area contributed by atoms with Gasteiger partial charge in [0.05, 0.1) is 0 Å². The molecule has 416 valence electrons. The van der Waals surface area contributed by atoms with E-state index in [2.05, 4.69) is 249 Å². The Kier molecular flexibility index (Phi) is 34.1. The molecule has 0 bridgehead atoms. The summed E-state index contributed by atoms with van der Waals surface area (Å²) in [6.07, 6.45) is 15.3. The summed E-state index contributed by atoms with van der Waals surface area (Å²) in [5, 5.41) is 29.6. The molecular formula is C50H46Cl2Cu2F12N6P4. The van der Waals surface area contributed by atoms with Gasteiger partial charge in [-0.25, -0.2) is 0 Å². The van der Waals surface area contributed by atoms with Gasteiger partial charge < -0.3 is 23.2 Å². The number of benzene rings is 6. The first-order chi connectivity index (χ1) is 34.8. The summed E-state index contributed by atoms with van der Waals surface area (Å²) < 4.78 is 118. The summed E-state index contributed by atoms with van der Waals surface area (Å²) in [5.41, 5.74) is 0. The second kappa shape index (κ2) is 35.5. The monoisotopic (exact) mass is 1280 g/mol. The van der Waals surface area contributed by atoms with Crippen LogP contribution in [0.15, 0.2) is 256 Å². The van der Waals surface area contributed by atoms with E-state index in [1.165, 1.54) is 31.8 Å². The Hall–Kier alpha value is -4.94. The summed E-state index contributed by atoms with van der Waals surface area (Å²) in [7, 11) is -22.2. The molecule has 0 saturated carbocycles. The maximum atomic E-state index is 9.87. The first-order valence-corrected chi connectivity index (χ1v) is 28.3. The van der Waals surface area contributed by atoms with Gasteiger partial charge in [0.15, 0.2) is 0 Å². The molecule has 0 saturated heterocycles. The zero-order valence-corrected chi connectivity index (χ0v) is 46.0. The number of hydrogen-bond donors (Lipinski definition) is 0. The van der Waals surface area contributed by atoms with E-state index in [1.54, 1.807) is 37.2 Å². The summed E-state index contributed by atoms with van der Waals surface area (Å²) in [5.74, 6) is 0. The van der Waals surface area contributed by atoms with Crippen LogP contribution in [0, 0.1) is 12.8 Å². The fraction of sp³-hybridized carbons (Fsp3) is 0. The van der Waals surface area contributed by atoms with Crippen molar-refractivity contribution in [2.75, 3.05) is 0 Å². The van der Waals surface area contributed by atoms with Gasteiger partial charge in [-0.3, -0.25) is 12.8 Å². The molecule has 3 aromatic heterocycles. The van der Waals surface area contributed by atoms with Crippen LogP contribution in [-0.2, 0) is 34.1 Å². The van der Waals surface area contributed by atoms with E-state index in [0.29, 0.717) is 0 Å². The Bertz CT molecular complexity index is 2240. The number of nitrogens with zero attached hydrogens (tertiary/aromatic N) is 6. The fourth-order valence-corrected chi connectivity index (χ4v) is 9.73. The standard InChI is InChI=1S/2C18H15P.3C4H4N2.2CH2Cl.2Cu.2F6P/c2*1-4-10-16(11-5-1)19(17-12-6-2-7-13-17)18-14-8-3-9-15-18;3*1-2-4-6-5-3-1;2*1-2;;;2*1-7(2,3,4,5)6/h2*1-15H;3*1-4H;2*1H2;;;;/q;;;;;2*-1;2*+2;2*-1. The van der Waals surface area contributed by atoms with Gasteiger partial charge in [0, 0.05) is 37.2 Å². The van der Waals surface area contributed by atoms with E-state index in [4.69, 9.17) is 0 Å². The van der Waals surface area contributed by atoms with Crippen LogP contribution >= 0.6 is 54.7 Å². The Labute approximate surface area is 467 Å². The van der Waals surface area contributed by atoms with Crippen LogP contribution in [0.3, 0.4) is 0 Å². The van der Waals surface area contributed by atoms with Crippen LogP contribution in [-0.4, -0.2) is 30.6 Å². The van der Waals surface area contributed by atoms with E-state index in [0.717, 1.165) is 0 Å². The fourth-order valence-electron chi connectivity index (χ4n) is 5.12. The molecule has 0 unspecified atom stereocenters. The van der Waals surface area contributed by atoms with Crippen LogP contribution in [0.5, 0.6) is 0 Å². The minimum Gasteiger partial charge on any atom is -0.352 e. The quantitative estimate of drug-likeness (QED) is 0.0714. The molecule has 0 aliphatic carbocycles. The van der Waals surface area contributed by atoms with Gasteiger partial charge >= 0.3 is 100 Å². The third kappa shape index (κ3) is 44.2. The van der Waals surface area contributed by atoms with Gasteiger partial charge in [-0.15, -0.1) is 0 Å². The van der Waals surface area contributed by atoms with Crippen molar-refractivity contribution in [2.45, 2.75) is 0 Å². The van der Waals surface area contributed by atoms with Gasteiger partial charge in [0.1, 0.15) is 0 Å². The number of rotatable bonds is 6. The molecule has 0 atom stereocenters. The van der Waals surface area contributed by atoms with Crippen molar-refractivity contribution in [3.05, 3.63) is 268 Å². The predicted octanol–water partition coefficient (Wildman–Crippen LogP) is 17.1. The Morgan fingerprint density at radius 1 is 0.237 bits per heavy atom. The molecule has 0 amide bonds. The van der Waals surface area contributed by atoms with Crippen molar-refractivity contribution in [1.29, 1.82) is 0 Å². The second-order valence-electron chi connectivity index (χ2n) is 13.3. The number of aromatic nitrogens is 6. The molecule has 6 aromatic carbocycles. The first-order valence-electron chi connectivity index (χ1n) is 20.5. The summed E-state index contributed by atoms with van der Waals surface area (Å²) in [6.45, 7) is 0. The second-order valence-corrected chi connectivity index (χ2v) is 21.6. The minimum atomic E-state index is -10.7. The van der Waals surface area contributed by atoms with Crippen molar-refractivity contribution >= 4 is 86.5 Å². The van der Waals surface area contributed by atoms with Crippen LogP contribution in [0.25, 0.3) is 0 Å². The van der Waals surface area contributed by atoms with Crippen LogP contribution in [0.4, 0.5) is 50.4 Å². The molecule has 0 aliphatic rings. The smallest absolute Gasteiger partial charge is 0.352 e. The number of hydrogen-bond acceptors (Lipinski definition) is 6. The largest absolute Gasteiger partial charge is 2.00 e. The van der Waals surface area contributed by atoms with Crippen molar-refractivity contribution in [1.82, 2.24) is 30.6 Å². The molecule has 9 aromatic rings. The van der Waals surface area contributed by atoms with Crippen molar-refractivity contribution in [3.63, 3.8) is 0 Å². The van der Waals surface area contributed by atoms with Gasteiger partial charge in [0.2, 0.25) is 0 Å². The Balaban J connectivity index is 0. The maximum Gasteiger partial charge on any atom is 2.00 e. The van der Waals surface area contributed by atoms with Crippen molar-refractivity contribution in [2.24, 2.45) is 0 Å². The molecule has 0 spiro atoms.